The van der Waals surface area contributed by atoms with Crippen molar-refractivity contribution in [2.24, 2.45) is 0 Å². The average Bonchev–Trinajstić information content (AvgIpc) is 3.13. The van der Waals surface area contributed by atoms with Crippen LogP contribution in [0.5, 0.6) is 0 Å². The van der Waals surface area contributed by atoms with E-state index in [1.54, 1.807) is 45.1 Å². The molecule has 0 aliphatic carbocycles. The molecule has 0 saturated carbocycles. The lowest BCUT2D eigenvalue weighted by Crippen LogP contribution is -2.36. The Kier molecular flexibility index (Phi) is 6.76. The Hall–Kier alpha value is -1.65. The first-order valence-corrected chi connectivity index (χ1v) is 8.25. The minimum atomic E-state index is -1.12. The predicted molar refractivity (Wildman–Crippen MR) is 96.6 cm³/mol. The third-order valence-corrected chi connectivity index (χ3v) is 4.16. The van der Waals surface area contributed by atoms with Gasteiger partial charge in [0.1, 0.15) is 12.2 Å². The van der Waals surface area contributed by atoms with Crippen molar-refractivity contribution in [3.63, 3.8) is 0 Å². The summed E-state index contributed by atoms with van der Waals surface area (Å²) < 4.78 is 11.2. The molecular formula is C20H30O4. The molecule has 4 nitrogen and oxygen atoms in total. The van der Waals surface area contributed by atoms with Crippen molar-refractivity contribution in [1.29, 1.82) is 0 Å². The highest BCUT2D eigenvalue weighted by Crippen LogP contribution is 2.41. The largest absolute Gasteiger partial charge is 0.456 e. The van der Waals surface area contributed by atoms with Gasteiger partial charge in [-0.2, -0.15) is 0 Å². The van der Waals surface area contributed by atoms with Crippen LogP contribution in [0.3, 0.4) is 0 Å². The molecule has 1 saturated heterocycles. The second-order valence-corrected chi connectivity index (χ2v) is 7.09. The van der Waals surface area contributed by atoms with Crippen LogP contribution in [-0.4, -0.2) is 34.5 Å². The van der Waals surface area contributed by atoms with Crippen LogP contribution in [0.1, 0.15) is 48.0 Å². The van der Waals surface area contributed by atoms with Crippen LogP contribution < -0.4 is 0 Å². The first-order valence-electron chi connectivity index (χ1n) is 8.25. The van der Waals surface area contributed by atoms with Gasteiger partial charge in [-0.1, -0.05) is 42.5 Å². The third-order valence-electron chi connectivity index (χ3n) is 4.16. The maximum Gasteiger partial charge on any atom is 0.333 e. The van der Waals surface area contributed by atoms with E-state index in [9.17, 15) is 9.90 Å². The Balaban J connectivity index is 2.84. The van der Waals surface area contributed by atoms with E-state index in [1.807, 2.05) is 26.8 Å². The van der Waals surface area contributed by atoms with Crippen LogP contribution in [0, 0.1) is 0 Å². The lowest BCUT2D eigenvalue weighted by atomic mass is 9.92. The first-order chi connectivity index (χ1) is 11.0. The topological polar surface area (TPSA) is 59.1 Å². The van der Waals surface area contributed by atoms with E-state index in [1.165, 1.54) is 0 Å². The molecule has 1 aliphatic rings. The fourth-order valence-corrected chi connectivity index (χ4v) is 2.33. The third kappa shape index (κ3) is 6.10. The van der Waals surface area contributed by atoms with Crippen molar-refractivity contribution in [2.75, 3.05) is 0 Å². The molecule has 0 bridgehead atoms. The van der Waals surface area contributed by atoms with Gasteiger partial charge in [0.25, 0.3) is 0 Å². The van der Waals surface area contributed by atoms with Gasteiger partial charge in [-0.05, 0) is 41.5 Å². The summed E-state index contributed by atoms with van der Waals surface area (Å²) in [7, 11) is 0. The number of epoxide rings is 1. The minimum absolute atomic E-state index is 0.212. The molecule has 1 aliphatic heterocycles. The van der Waals surface area contributed by atoms with Crippen molar-refractivity contribution in [3.8, 4) is 0 Å². The number of allylic oxidation sites excluding steroid dienone is 5. The first kappa shape index (κ1) is 20.4. The van der Waals surface area contributed by atoms with Crippen LogP contribution in [0.15, 0.2) is 48.1 Å². The smallest absolute Gasteiger partial charge is 0.333 e. The van der Waals surface area contributed by atoms with Crippen molar-refractivity contribution in [1.82, 2.24) is 0 Å². The quantitative estimate of drug-likeness (QED) is 0.317. The van der Waals surface area contributed by atoms with Gasteiger partial charge in [-0.15, -0.1) is 0 Å². The molecule has 1 rings (SSSR count). The number of ether oxygens (including phenoxy) is 2. The van der Waals surface area contributed by atoms with Gasteiger partial charge in [0.15, 0.2) is 0 Å². The number of carbonyl (C=O) groups is 1. The Bertz CT molecular complexity index is 564. The van der Waals surface area contributed by atoms with Crippen molar-refractivity contribution >= 4 is 5.97 Å². The molecule has 24 heavy (non-hydrogen) atoms. The Morgan fingerprint density at radius 3 is 2.50 bits per heavy atom. The van der Waals surface area contributed by atoms with Crippen molar-refractivity contribution in [3.05, 3.63) is 48.1 Å². The summed E-state index contributed by atoms with van der Waals surface area (Å²) in [5.41, 5.74) is 0.0847. The normalized spacial score (nSPS) is 24.4. The zero-order valence-electron chi connectivity index (χ0n) is 15.6. The lowest BCUT2D eigenvalue weighted by Gasteiger charge is -2.25. The van der Waals surface area contributed by atoms with E-state index in [0.29, 0.717) is 5.57 Å². The molecule has 1 heterocycles. The van der Waals surface area contributed by atoms with Gasteiger partial charge in [0.2, 0.25) is 0 Å². The lowest BCUT2D eigenvalue weighted by molar-refractivity contribution is -0.147. The van der Waals surface area contributed by atoms with Crippen LogP contribution in [0.2, 0.25) is 0 Å². The molecule has 0 aromatic heterocycles. The van der Waals surface area contributed by atoms with Crippen LogP contribution in [0.4, 0.5) is 0 Å². The summed E-state index contributed by atoms with van der Waals surface area (Å²) >= 11 is 0. The highest BCUT2D eigenvalue weighted by molar-refractivity contribution is 5.87. The molecular weight excluding hydrogens is 304 g/mol. The second kappa shape index (κ2) is 7.95. The molecule has 3 atom stereocenters. The second-order valence-electron chi connectivity index (χ2n) is 7.09. The summed E-state index contributed by atoms with van der Waals surface area (Å²) in [5.74, 6) is -0.379. The molecule has 1 fully saturated rings. The summed E-state index contributed by atoms with van der Waals surface area (Å²) in [4.78, 5) is 12.1. The van der Waals surface area contributed by atoms with Crippen molar-refractivity contribution < 1.29 is 19.4 Å². The van der Waals surface area contributed by atoms with Gasteiger partial charge in [-0.25, -0.2) is 4.79 Å². The molecule has 0 aromatic rings. The van der Waals surface area contributed by atoms with Crippen LogP contribution in [-0.2, 0) is 14.3 Å². The zero-order chi connectivity index (χ0) is 18.5. The average molecular weight is 334 g/mol. The monoisotopic (exact) mass is 334 g/mol. The molecule has 0 unspecified atom stereocenters. The summed E-state index contributed by atoms with van der Waals surface area (Å²) in [6.07, 6.45) is 8.34. The Labute approximate surface area is 145 Å². The van der Waals surface area contributed by atoms with Crippen LogP contribution >= 0.6 is 0 Å². The van der Waals surface area contributed by atoms with Gasteiger partial charge >= 0.3 is 5.97 Å². The summed E-state index contributed by atoms with van der Waals surface area (Å²) in [6, 6.07) is 0. The maximum atomic E-state index is 12.1. The number of esters is 1. The van der Waals surface area contributed by atoms with E-state index < -0.39 is 11.7 Å². The van der Waals surface area contributed by atoms with Crippen molar-refractivity contribution in [2.45, 2.75) is 71.4 Å². The number of carbonyl (C=O) groups excluding carboxylic acids is 1. The number of aliphatic hydroxyl groups is 1. The fourth-order valence-electron chi connectivity index (χ4n) is 2.33. The molecule has 1 N–H and O–H groups in total. The number of hydrogen-bond acceptors (Lipinski definition) is 4. The predicted octanol–water partition coefficient (Wildman–Crippen LogP) is 3.87. The number of rotatable bonds is 8. The zero-order valence-corrected chi connectivity index (χ0v) is 15.6. The number of hydrogen-bond donors (Lipinski definition) is 1. The maximum absolute atomic E-state index is 12.1. The minimum Gasteiger partial charge on any atom is -0.456 e. The molecule has 4 heteroatoms. The van der Waals surface area contributed by atoms with E-state index >= 15 is 0 Å². The fraction of sp³-hybridized carbons (Fsp3) is 0.550. The van der Waals surface area contributed by atoms with Gasteiger partial charge in [0.05, 0.1) is 11.2 Å². The van der Waals surface area contributed by atoms with Gasteiger partial charge in [0, 0.05) is 12.0 Å². The molecule has 0 amide bonds. The Morgan fingerprint density at radius 1 is 1.46 bits per heavy atom. The highest BCUT2D eigenvalue weighted by Gasteiger charge is 2.55. The van der Waals surface area contributed by atoms with Gasteiger partial charge < -0.3 is 14.6 Å². The van der Waals surface area contributed by atoms with Crippen LogP contribution in [0.25, 0.3) is 0 Å². The summed E-state index contributed by atoms with van der Waals surface area (Å²) in [6.45, 7) is 14.7. The van der Waals surface area contributed by atoms with E-state index in [0.717, 1.165) is 5.57 Å². The molecule has 0 radical (unpaired) electrons. The molecule has 0 spiro atoms. The standard InChI is InChI=1S/C20H30O4/c1-8-14(3)11-10-12-20(7,22)13-16(17-19(5,6)24-17)23-18(21)15(4)9-2/h8-12,16-17,22H,1,13H2,2-7H3/b12-10+,14-11+,15-9-/t16-,17+,20+/m0/s1. The molecule has 0 aromatic carbocycles. The van der Waals surface area contributed by atoms with E-state index in [2.05, 4.69) is 6.58 Å². The van der Waals surface area contributed by atoms with Gasteiger partial charge in [-0.3, -0.25) is 0 Å². The van der Waals surface area contributed by atoms with E-state index in [-0.39, 0.29) is 24.1 Å². The molecule has 134 valence electrons. The SMILES string of the molecule is C=C/C(C)=C/C=C/[C@@](C)(O)C[C@H](OC(=O)/C(C)=C\C)[C@H]1OC1(C)C. The Morgan fingerprint density at radius 2 is 2.04 bits per heavy atom. The summed E-state index contributed by atoms with van der Waals surface area (Å²) in [5, 5.41) is 10.6. The highest BCUT2D eigenvalue weighted by atomic mass is 16.6. The van der Waals surface area contributed by atoms with E-state index in [4.69, 9.17) is 9.47 Å².